The van der Waals surface area contributed by atoms with Gasteiger partial charge in [0.15, 0.2) is 0 Å². The van der Waals surface area contributed by atoms with Crippen molar-refractivity contribution in [3.8, 4) is 0 Å². The molecule has 0 saturated carbocycles. The van der Waals surface area contributed by atoms with E-state index in [1.165, 1.54) is 6.92 Å². The molecule has 0 aliphatic carbocycles. The van der Waals surface area contributed by atoms with Gasteiger partial charge in [-0.15, -0.1) is 0 Å². The monoisotopic (exact) mass is 585 g/mol. The van der Waals surface area contributed by atoms with Crippen LogP contribution < -0.4 is 21.9 Å². The van der Waals surface area contributed by atoms with E-state index in [-0.39, 0.29) is 17.9 Å². The van der Waals surface area contributed by atoms with Crippen molar-refractivity contribution in [2.45, 2.75) is 38.8 Å². The Hall–Kier alpha value is -4.16. The van der Waals surface area contributed by atoms with Gasteiger partial charge in [0.25, 0.3) is 5.56 Å². The Balaban J connectivity index is 1.56. The number of aromatic nitrogens is 2. The molecule has 2 N–H and O–H groups in total. The number of hydrogen-bond donors (Lipinski definition) is 1. The highest BCUT2D eigenvalue weighted by Crippen LogP contribution is 2.33. The second-order valence-corrected chi connectivity index (χ2v) is 10.4. The molecule has 0 amide bonds. The summed E-state index contributed by atoms with van der Waals surface area (Å²) in [6.45, 7) is 3.31. The maximum Gasteiger partial charge on any atom is 0.416 e. The second-order valence-electron chi connectivity index (χ2n) is 10.4. The first-order chi connectivity index (χ1) is 20.0. The van der Waals surface area contributed by atoms with Gasteiger partial charge in [0.05, 0.1) is 31.2 Å². The highest BCUT2D eigenvalue weighted by atomic mass is 19.4. The lowest BCUT2D eigenvalue weighted by Crippen LogP contribution is -2.51. The van der Waals surface area contributed by atoms with Crippen molar-refractivity contribution in [1.82, 2.24) is 14.0 Å². The Kier molecular flexibility index (Phi) is 8.37. The Morgan fingerprint density at radius 3 is 2.29 bits per heavy atom. The number of furan rings is 1. The van der Waals surface area contributed by atoms with Gasteiger partial charge in [-0.2, -0.15) is 13.2 Å². The molecular formula is C30H31F4N5O3. The molecule has 2 aromatic carbocycles. The lowest BCUT2D eigenvalue weighted by molar-refractivity contribution is -0.138. The number of anilines is 1. The molecule has 1 aliphatic heterocycles. The standard InChI is InChI=1S/C30H31F4N5O3/c1-20-27(37-13-11-36(12-14-37)16-21-10-15-42-19-21)28(40)39(18-26(35)22-6-3-2-4-7-22)29(41)38(20)17-23-24(30(32,33)34)8-5-9-25(23)31/h2-10,15,19,26H,11-14,16-18,35H2,1H3. The molecule has 1 atom stereocenters. The molecule has 1 unspecified atom stereocenters. The summed E-state index contributed by atoms with van der Waals surface area (Å²) in [5.74, 6) is -1.09. The van der Waals surface area contributed by atoms with Crippen LogP contribution in [0.25, 0.3) is 0 Å². The van der Waals surface area contributed by atoms with Gasteiger partial charge in [-0.3, -0.25) is 18.8 Å². The Morgan fingerprint density at radius 2 is 1.64 bits per heavy atom. The third-order valence-electron chi connectivity index (χ3n) is 7.68. The second kappa shape index (κ2) is 12.0. The number of benzene rings is 2. The summed E-state index contributed by atoms with van der Waals surface area (Å²) in [5, 5.41) is 0. The van der Waals surface area contributed by atoms with E-state index in [1.807, 2.05) is 11.0 Å². The summed E-state index contributed by atoms with van der Waals surface area (Å²) >= 11 is 0. The molecule has 4 aromatic rings. The molecule has 0 spiro atoms. The Labute approximate surface area is 239 Å². The van der Waals surface area contributed by atoms with Crippen LogP contribution in [0.5, 0.6) is 0 Å². The van der Waals surface area contributed by atoms with Gasteiger partial charge in [0, 0.05) is 55.6 Å². The average molecular weight is 586 g/mol. The number of rotatable bonds is 8. The van der Waals surface area contributed by atoms with Gasteiger partial charge >= 0.3 is 11.9 Å². The molecule has 1 aliphatic rings. The zero-order valence-electron chi connectivity index (χ0n) is 23.0. The van der Waals surface area contributed by atoms with Crippen LogP contribution in [0.4, 0.5) is 23.2 Å². The summed E-state index contributed by atoms with van der Waals surface area (Å²) < 4.78 is 63.5. The lowest BCUT2D eigenvalue weighted by Gasteiger charge is -2.36. The first-order valence-electron chi connectivity index (χ1n) is 13.5. The number of nitrogens with two attached hydrogens (primary N) is 1. The molecule has 8 nitrogen and oxygen atoms in total. The predicted octanol–water partition coefficient (Wildman–Crippen LogP) is 4.14. The van der Waals surface area contributed by atoms with E-state index in [9.17, 15) is 27.2 Å². The van der Waals surface area contributed by atoms with Crippen molar-refractivity contribution in [2.24, 2.45) is 5.73 Å². The summed E-state index contributed by atoms with van der Waals surface area (Å²) in [7, 11) is 0. The van der Waals surface area contributed by atoms with E-state index in [1.54, 1.807) is 42.9 Å². The predicted molar refractivity (Wildman–Crippen MR) is 150 cm³/mol. The number of hydrogen-bond acceptors (Lipinski definition) is 6. The van der Waals surface area contributed by atoms with E-state index in [0.717, 1.165) is 32.9 Å². The van der Waals surface area contributed by atoms with Crippen molar-refractivity contribution in [1.29, 1.82) is 0 Å². The quantitative estimate of drug-likeness (QED) is 0.313. The largest absolute Gasteiger partial charge is 0.472 e. The fourth-order valence-electron chi connectivity index (χ4n) is 5.41. The van der Waals surface area contributed by atoms with Crippen molar-refractivity contribution in [3.63, 3.8) is 0 Å². The topological polar surface area (TPSA) is 89.6 Å². The first-order valence-corrected chi connectivity index (χ1v) is 13.5. The van der Waals surface area contributed by atoms with Crippen molar-refractivity contribution < 1.29 is 22.0 Å². The summed E-state index contributed by atoms with van der Waals surface area (Å²) in [5.41, 5.74) is 5.11. The van der Waals surface area contributed by atoms with Crippen LogP contribution >= 0.6 is 0 Å². The van der Waals surface area contributed by atoms with Crippen LogP contribution in [0.1, 0.15) is 34.0 Å². The molecule has 5 rings (SSSR count). The first kappa shape index (κ1) is 29.3. The van der Waals surface area contributed by atoms with Gasteiger partial charge in [0.2, 0.25) is 0 Å². The summed E-state index contributed by atoms with van der Waals surface area (Å²) in [6, 6.07) is 12.7. The summed E-state index contributed by atoms with van der Waals surface area (Å²) in [4.78, 5) is 31.6. The van der Waals surface area contributed by atoms with Crippen LogP contribution in [0.3, 0.4) is 0 Å². The van der Waals surface area contributed by atoms with Crippen molar-refractivity contribution in [3.05, 3.63) is 122 Å². The van der Waals surface area contributed by atoms with E-state index in [2.05, 4.69) is 4.90 Å². The smallest absolute Gasteiger partial charge is 0.416 e. The fourth-order valence-corrected chi connectivity index (χ4v) is 5.41. The van der Waals surface area contributed by atoms with Gasteiger partial charge in [-0.05, 0) is 30.7 Å². The Bertz CT molecular complexity index is 1640. The maximum absolute atomic E-state index is 14.9. The fraction of sp³-hybridized carbons (Fsp3) is 0.333. The molecule has 222 valence electrons. The number of halogens is 4. The normalized spacial score (nSPS) is 15.2. The van der Waals surface area contributed by atoms with E-state index >= 15 is 0 Å². The molecule has 3 heterocycles. The molecule has 0 bridgehead atoms. The minimum absolute atomic E-state index is 0.161. The van der Waals surface area contributed by atoms with Gasteiger partial charge < -0.3 is 15.1 Å². The maximum atomic E-state index is 14.9. The summed E-state index contributed by atoms with van der Waals surface area (Å²) in [6.07, 6.45) is -1.58. The third-order valence-corrected chi connectivity index (χ3v) is 7.68. The molecule has 2 aromatic heterocycles. The van der Waals surface area contributed by atoms with Crippen LogP contribution in [0.2, 0.25) is 0 Å². The molecule has 12 heteroatoms. The zero-order valence-corrected chi connectivity index (χ0v) is 23.0. The van der Waals surface area contributed by atoms with Crippen LogP contribution in [0, 0.1) is 12.7 Å². The number of nitrogens with zero attached hydrogens (tertiary/aromatic N) is 4. The molecule has 1 saturated heterocycles. The molecule has 0 radical (unpaired) electrons. The van der Waals surface area contributed by atoms with Gasteiger partial charge in [-0.1, -0.05) is 36.4 Å². The van der Waals surface area contributed by atoms with Crippen LogP contribution in [0.15, 0.2) is 81.1 Å². The number of alkyl halides is 3. The average Bonchev–Trinajstić information content (AvgIpc) is 3.48. The van der Waals surface area contributed by atoms with E-state index < -0.39 is 47.0 Å². The highest BCUT2D eigenvalue weighted by molar-refractivity contribution is 5.50. The van der Waals surface area contributed by atoms with Gasteiger partial charge in [-0.25, -0.2) is 9.18 Å². The van der Waals surface area contributed by atoms with Crippen molar-refractivity contribution >= 4 is 5.69 Å². The van der Waals surface area contributed by atoms with Crippen LogP contribution in [-0.2, 0) is 25.8 Å². The SMILES string of the molecule is Cc1c(N2CCN(Cc3ccoc3)CC2)c(=O)n(CC(N)c2ccccc2)c(=O)n1Cc1c(F)cccc1C(F)(F)F. The van der Waals surface area contributed by atoms with Crippen LogP contribution in [-0.4, -0.2) is 40.2 Å². The lowest BCUT2D eigenvalue weighted by atomic mass is 10.1. The highest BCUT2D eigenvalue weighted by Gasteiger charge is 2.35. The van der Waals surface area contributed by atoms with E-state index in [4.69, 9.17) is 10.2 Å². The minimum Gasteiger partial charge on any atom is -0.472 e. The van der Waals surface area contributed by atoms with Crippen molar-refractivity contribution in [2.75, 3.05) is 31.1 Å². The molecular weight excluding hydrogens is 554 g/mol. The number of piperazine rings is 1. The molecule has 1 fully saturated rings. The third kappa shape index (κ3) is 6.04. The Morgan fingerprint density at radius 1 is 0.929 bits per heavy atom. The molecule has 42 heavy (non-hydrogen) atoms. The minimum atomic E-state index is -4.84. The zero-order chi connectivity index (χ0) is 30.0. The van der Waals surface area contributed by atoms with E-state index in [0.29, 0.717) is 38.3 Å². The van der Waals surface area contributed by atoms with Gasteiger partial charge in [0.1, 0.15) is 11.5 Å².